The Morgan fingerprint density at radius 3 is 2.66 bits per heavy atom. The summed E-state index contributed by atoms with van der Waals surface area (Å²) in [6.45, 7) is 3.83. The Morgan fingerprint density at radius 2 is 2.03 bits per heavy atom. The van der Waals surface area contributed by atoms with E-state index in [2.05, 4.69) is 16.2 Å². The number of hydrogen-bond donors (Lipinski definition) is 2. The van der Waals surface area contributed by atoms with Crippen LogP contribution < -0.4 is 11.3 Å². The molecule has 29 heavy (non-hydrogen) atoms. The van der Waals surface area contributed by atoms with Gasteiger partial charge in [-0.05, 0) is 50.5 Å². The van der Waals surface area contributed by atoms with Gasteiger partial charge in [-0.25, -0.2) is 0 Å². The van der Waals surface area contributed by atoms with E-state index in [1.165, 1.54) is 6.07 Å². The van der Waals surface area contributed by atoms with Crippen LogP contribution in [0.2, 0.25) is 0 Å². The average molecular weight is 389 g/mol. The molecule has 2 aromatic heterocycles. The molecule has 148 valence electrons. The molecule has 1 aliphatic carbocycles. The second-order valence-corrected chi connectivity index (χ2v) is 8.04. The molecule has 3 N–H and O–H groups in total. The maximum Gasteiger partial charge on any atom is 0.251 e. The van der Waals surface area contributed by atoms with E-state index in [1.807, 2.05) is 24.6 Å². The minimum Gasteiger partial charge on any atom is -0.366 e. The number of primary amides is 1. The molecule has 7 nitrogen and oxygen atoms in total. The van der Waals surface area contributed by atoms with E-state index < -0.39 is 5.91 Å². The number of rotatable bonds is 4. The number of aromatic nitrogens is 3. The van der Waals surface area contributed by atoms with Crippen LogP contribution >= 0.6 is 0 Å². The third-order valence-corrected chi connectivity index (χ3v) is 6.07. The largest absolute Gasteiger partial charge is 0.366 e. The zero-order valence-corrected chi connectivity index (χ0v) is 16.6. The van der Waals surface area contributed by atoms with Crippen LogP contribution in [0.25, 0.3) is 10.9 Å². The lowest BCUT2D eigenvalue weighted by molar-refractivity contribution is 0.100. The van der Waals surface area contributed by atoms with Crippen molar-refractivity contribution in [3.8, 4) is 6.07 Å². The fourth-order valence-corrected chi connectivity index (χ4v) is 4.70. The van der Waals surface area contributed by atoms with Crippen LogP contribution in [0.1, 0.15) is 58.4 Å². The smallest absolute Gasteiger partial charge is 0.251 e. The van der Waals surface area contributed by atoms with Crippen molar-refractivity contribution in [3.05, 3.63) is 62.7 Å². The summed E-state index contributed by atoms with van der Waals surface area (Å²) in [5.41, 5.74) is 9.03. The molecule has 0 bridgehead atoms. The number of nitriles is 1. The summed E-state index contributed by atoms with van der Waals surface area (Å²) in [6, 6.07) is 7.35. The number of carbonyl (C=O) groups is 1. The molecule has 0 spiro atoms. The molecule has 0 unspecified atom stereocenters. The number of carbonyl (C=O) groups excluding carboxylic acids is 1. The van der Waals surface area contributed by atoms with Crippen molar-refractivity contribution < 1.29 is 4.79 Å². The molecule has 0 aliphatic heterocycles. The number of aromatic amines is 1. The van der Waals surface area contributed by atoms with E-state index in [0.717, 1.165) is 42.5 Å². The minimum atomic E-state index is -0.585. The Bertz CT molecular complexity index is 1220. The Hall–Kier alpha value is -3.40. The quantitative estimate of drug-likeness (QED) is 0.713. The zero-order chi connectivity index (χ0) is 20.8. The Morgan fingerprint density at radius 1 is 1.31 bits per heavy atom. The molecule has 7 heteroatoms. The lowest BCUT2D eigenvalue weighted by Crippen LogP contribution is -2.36. The molecule has 0 radical (unpaired) electrons. The fraction of sp³-hybridized carbons (Fsp3) is 0.364. The van der Waals surface area contributed by atoms with Crippen LogP contribution in [0.4, 0.5) is 0 Å². The van der Waals surface area contributed by atoms with Gasteiger partial charge in [-0.2, -0.15) is 10.4 Å². The number of hydrogen-bond acceptors (Lipinski definition) is 4. The van der Waals surface area contributed by atoms with Crippen molar-refractivity contribution in [1.29, 1.82) is 5.26 Å². The normalized spacial score (nSPS) is 15.5. The van der Waals surface area contributed by atoms with Gasteiger partial charge in [-0.1, -0.05) is 12.8 Å². The van der Waals surface area contributed by atoms with E-state index in [-0.39, 0.29) is 11.1 Å². The first-order valence-electron chi connectivity index (χ1n) is 9.76. The first-order valence-corrected chi connectivity index (χ1v) is 9.76. The monoisotopic (exact) mass is 389 g/mol. The third-order valence-electron chi connectivity index (χ3n) is 6.07. The number of nitrogens with one attached hydrogen (secondary N) is 1. The highest BCUT2D eigenvalue weighted by molar-refractivity contribution is 6.06. The number of nitrogens with two attached hydrogens (primary N) is 1. The van der Waals surface area contributed by atoms with E-state index in [0.29, 0.717) is 28.5 Å². The molecule has 1 aliphatic rings. The number of fused-ring (bicyclic) bond motifs is 1. The minimum absolute atomic E-state index is 0.0687. The highest BCUT2D eigenvalue weighted by atomic mass is 16.1. The summed E-state index contributed by atoms with van der Waals surface area (Å²) in [6.07, 6.45) is 6.00. The molecule has 4 rings (SSSR count). The summed E-state index contributed by atoms with van der Waals surface area (Å²) in [5.74, 6) is -0.585. The maximum atomic E-state index is 12.7. The second-order valence-electron chi connectivity index (χ2n) is 8.04. The number of amides is 1. The lowest BCUT2D eigenvalue weighted by Gasteiger charge is -2.31. The highest BCUT2D eigenvalue weighted by Crippen LogP contribution is 2.41. The second kappa shape index (κ2) is 6.89. The number of H-pyrrole nitrogens is 1. The van der Waals surface area contributed by atoms with Crippen LogP contribution in [-0.4, -0.2) is 20.7 Å². The standard InChI is InChI=1S/C22H23N5O2/c1-13-7-14(2)26-21(29)17(13)10-22(5-3-4-6-22)27-19-9-15(11-23)8-16(20(24)28)18(19)12-25-27/h7-9,12H,3-6,10H2,1-2H3,(H2,24,28)(H,26,29). The number of benzene rings is 1. The van der Waals surface area contributed by atoms with Crippen LogP contribution in [0.15, 0.2) is 29.2 Å². The molecule has 1 amide bonds. The zero-order valence-electron chi connectivity index (χ0n) is 16.6. The summed E-state index contributed by atoms with van der Waals surface area (Å²) in [4.78, 5) is 27.5. The van der Waals surface area contributed by atoms with Crippen LogP contribution in [-0.2, 0) is 12.0 Å². The fourth-order valence-electron chi connectivity index (χ4n) is 4.70. The van der Waals surface area contributed by atoms with Gasteiger partial charge < -0.3 is 10.7 Å². The Labute approximate surface area is 168 Å². The molecule has 0 saturated heterocycles. The third kappa shape index (κ3) is 3.11. The first kappa shape index (κ1) is 18.9. The molecule has 0 atom stereocenters. The molecule has 3 aromatic rings. The maximum absolute atomic E-state index is 12.7. The van der Waals surface area contributed by atoms with Gasteiger partial charge in [0.15, 0.2) is 0 Å². The lowest BCUT2D eigenvalue weighted by atomic mass is 9.87. The van der Waals surface area contributed by atoms with E-state index in [9.17, 15) is 14.9 Å². The SMILES string of the molecule is Cc1cc(C)c(CC2(n3ncc4c(C(N)=O)cc(C#N)cc43)CCCC2)c(=O)[nH]1. The molecule has 2 heterocycles. The van der Waals surface area contributed by atoms with Gasteiger partial charge in [0.1, 0.15) is 0 Å². The highest BCUT2D eigenvalue weighted by Gasteiger charge is 2.39. The molecule has 1 fully saturated rings. The van der Waals surface area contributed by atoms with Crippen LogP contribution in [0.3, 0.4) is 0 Å². The summed E-state index contributed by atoms with van der Waals surface area (Å²) < 4.78 is 1.92. The van der Waals surface area contributed by atoms with Crippen LogP contribution in [0.5, 0.6) is 0 Å². The first-order chi connectivity index (χ1) is 13.8. The molecule has 1 aromatic carbocycles. The molecule has 1 saturated carbocycles. The topological polar surface area (TPSA) is 118 Å². The number of pyridine rings is 1. The van der Waals surface area contributed by atoms with Crippen LogP contribution in [0, 0.1) is 25.2 Å². The van der Waals surface area contributed by atoms with Gasteiger partial charge in [0.25, 0.3) is 5.56 Å². The predicted molar refractivity (Wildman–Crippen MR) is 110 cm³/mol. The van der Waals surface area contributed by atoms with Gasteiger partial charge in [0, 0.05) is 23.1 Å². The van der Waals surface area contributed by atoms with Crippen molar-refractivity contribution >= 4 is 16.8 Å². The number of aryl methyl sites for hydroxylation is 2. The van der Waals surface area contributed by atoms with Crippen molar-refractivity contribution in [3.63, 3.8) is 0 Å². The van der Waals surface area contributed by atoms with Crippen molar-refractivity contribution in [2.24, 2.45) is 5.73 Å². The van der Waals surface area contributed by atoms with Crippen molar-refractivity contribution in [2.45, 2.75) is 51.5 Å². The van der Waals surface area contributed by atoms with Gasteiger partial charge in [0.05, 0.1) is 34.4 Å². The van der Waals surface area contributed by atoms with E-state index >= 15 is 0 Å². The molecular formula is C22H23N5O2. The predicted octanol–water partition coefficient (Wildman–Crippen LogP) is 2.82. The van der Waals surface area contributed by atoms with Gasteiger partial charge >= 0.3 is 0 Å². The molecular weight excluding hydrogens is 366 g/mol. The Kier molecular flexibility index (Phi) is 4.50. The Balaban J connectivity index is 1.92. The van der Waals surface area contributed by atoms with Gasteiger partial charge in [0.2, 0.25) is 5.91 Å². The summed E-state index contributed by atoms with van der Waals surface area (Å²) in [5, 5.41) is 14.7. The van der Waals surface area contributed by atoms with Gasteiger partial charge in [-0.15, -0.1) is 0 Å². The summed E-state index contributed by atoms with van der Waals surface area (Å²) >= 11 is 0. The average Bonchev–Trinajstić information content (AvgIpc) is 3.31. The van der Waals surface area contributed by atoms with Gasteiger partial charge in [-0.3, -0.25) is 14.3 Å². The van der Waals surface area contributed by atoms with Crippen molar-refractivity contribution in [1.82, 2.24) is 14.8 Å². The van der Waals surface area contributed by atoms with E-state index in [1.54, 1.807) is 12.3 Å². The van der Waals surface area contributed by atoms with Crippen molar-refractivity contribution in [2.75, 3.05) is 0 Å². The van der Waals surface area contributed by atoms with E-state index in [4.69, 9.17) is 5.73 Å². The summed E-state index contributed by atoms with van der Waals surface area (Å²) in [7, 11) is 0. The number of nitrogens with zero attached hydrogens (tertiary/aromatic N) is 3.